The quantitative estimate of drug-likeness (QED) is 0.651. The molecule has 0 radical (unpaired) electrons. The van der Waals surface area contributed by atoms with Crippen LogP contribution in [0, 0.1) is 17.3 Å². The lowest BCUT2D eigenvalue weighted by Gasteiger charge is -2.37. The molecule has 4 atom stereocenters. The highest BCUT2D eigenvalue weighted by atomic mass is 16.3. The van der Waals surface area contributed by atoms with Crippen LogP contribution in [0.15, 0.2) is 36.9 Å². The minimum Gasteiger partial charge on any atom is -0.392 e. The van der Waals surface area contributed by atoms with Crippen molar-refractivity contribution in [1.29, 1.82) is 0 Å². The van der Waals surface area contributed by atoms with Crippen LogP contribution in [0.5, 0.6) is 0 Å². The lowest BCUT2D eigenvalue weighted by Crippen LogP contribution is -2.40. The third-order valence-electron chi connectivity index (χ3n) is 7.04. The van der Waals surface area contributed by atoms with Gasteiger partial charge in [0.2, 0.25) is 5.91 Å². The zero-order chi connectivity index (χ0) is 20.5. The van der Waals surface area contributed by atoms with E-state index in [0.717, 1.165) is 30.6 Å². The lowest BCUT2D eigenvalue weighted by molar-refractivity contribution is -0.126. The number of fused-ring (bicyclic) bond motifs is 1. The van der Waals surface area contributed by atoms with Gasteiger partial charge in [-0.1, -0.05) is 30.8 Å². The Kier molecular flexibility index (Phi) is 3.67. The molecule has 1 aromatic heterocycles. The first-order valence-electron chi connectivity index (χ1n) is 9.70. The van der Waals surface area contributed by atoms with E-state index in [0.29, 0.717) is 23.3 Å². The summed E-state index contributed by atoms with van der Waals surface area (Å²) in [5, 5.41) is 13.9. The number of carbonyl (C=O) groups is 2. The maximum atomic E-state index is 12.1. The van der Waals surface area contributed by atoms with Crippen molar-refractivity contribution in [3.63, 3.8) is 0 Å². The summed E-state index contributed by atoms with van der Waals surface area (Å²) in [6.07, 6.45) is 2.25. The van der Waals surface area contributed by atoms with E-state index < -0.39 is 5.91 Å². The van der Waals surface area contributed by atoms with E-state index in [4.69, 9.17) is 11.5 Å². The number of aliphatic hydroxyl groups is 1. The Balaban J connectivity index is 1.44. The molecule has 5 rings (SSSR count). The number of aromatic nitrogens is 2. The number of likely N-dealkylation sites (tertiary alicyclic amines) is 1. The number of hydrogen-bond acceptors (Lipinski definition) is 5. The van der Waals surface area contributed by atoms with Crippen LogP contribution in [0.25, 0.3) is 11.3 Å². The molecule has 150 valence electrons. The molecule has 29 heavy (non-hydrogen) atoms. The molecule has 5 N–H and O–H groups in total. The van der Waals surface area contributed by atoms with Crippen molar-refractivity contribution in [3.8, 4) is 11.3 Å². The van der Waals surface area contributed by atoms with Gasteiger partial charge < -0.3 is 21.5 Å². The van der Waals surface area contributed by atoms with Gasteiger partial charge in [-0.15, -0.1) is 0 Å². The van der Waals surface area contributed by atoms with Gasteiger partial charge in [0.05, 0.1) is 12.6 Å². The maximum Gasteiger partial charge on any atom is 0.254 e. The molecule has 3 aliphatic rings. The molecule has 1 aliphatic heterocycles. The van der Waals surface area contributed by atoms with Gasteiger partial charge in [0.1, 0.15) is 17.1 Å². The lowest BCUT2D eigenvalue weighted by atomic mass is 9.80. The fourth-order valence-electron chi connectivity index (χ4n) is 5.60. The number of nitrogens with two attached hydrogens (primary N) is 2. The Bertz CT molecular complexity index is 1040. The minimum absolute atomic E-state index is 0.0167. The minimum atomic E-state index is -0.609. The average molecular weight is 393 g/mol. The van der Waals surface area contributed by atoms with E-state index in [1.807, 2.05) is 4.90 Å². The number of rotatable bonds is 5. The van der Waals surface area contributed by atoms with Crippen molar-refractivity contribution < 1.29 is 14.7 Å². The van der Waals surface area contributed by atoms with Crippen molar-refractivity contribution in [2.75, 3.05) is 18.8 Å². The zero-order valence-corrected chi connectivity index (χ0v) is 15.9. The van der Waals surface area contributed by atoms with Gasteiger partial charge in [0.25, 0.3) is 5.91 Å². The summed E-state index contributed by atoms with van der Waals surface area (Å²) in [5.74, 6) is 0.538. The van der Waals surface area contributed by atoms with Crippen molar-refractivity contribution in [3.05, 3.63) is 48.0 Å². The van der Waals surface area contributed by atoms with Gasteiger partial charge >= 0.3 is 0 Å². The molecule has 2 saturated carbocycles. The predicted octanol–water partition coefficient (Wildman–Crippen LogP) is 0.929. The Labute approximate surface area is 167 Å². The highest BCUT2D eigenvalue weighted by Gasteiger charge is 2.79. The molecule has 1 spiro atoms. The number of nitrogens with zero attached hydrogens (tertiary/aromatic N) is 3. The summed E-state index contributed by atoms with van der Waals surface area (Å²) in [5.41, 5.74) is 14.3. The van der Waals surface area contributed by atoms with E-state index in [1.165, 1.54) is 6.08 Å². The van der Waals surface area contributed by atoms with Crippen molar-refractivity contribution in [2.24, 2.45) is 23.0 Å². The van der Waals surface area contributed by atoms with E-state index in [2.05, 4.69) is 11.7 Å². The van der Waals surface area contributed by atoms with Crippen LogP contribution in [0.1, 0.15) is 28.4 Å². The smallest absolute Gasteiger partial charge is 0.254 e. The number of anilines is 1. The van der Waals surface area contributed by atoms with Crippen LogP contribution in [-0.4, -0.2) is 44.7 Å². The fraction of sp³-hybridized carbons (Fsp3) is 0.381. The molecular weight excluding hydrogens is 370 g/mol. The first kappa shape index (κ1) is 17.9. The topological polar surface area (TPSA) is 127 Å². The summed E-state index contributed by atoms with van der Waals surface area (Å²) < 4.78 is 1.75. The number of amides is 2. The molecule has 2 aliphatic carbocycles. The van der Waals surface area contributed by atoms with E-state index in [1.54, 1.807) is 28.9 Å². The second-order valence-corrected chi connectivity index (χ2v) is 8.33. The predicted molar refractivity (Wildman–Crippen MR) is 106 cm³/mol. The number of primary amides is 1. The second-order valence-electron chi connectivity index (χ2n) is 8.33. The highest BCUT2D eigenvalue weighted by molar-refractivity contribution is 6.03. The van der Waals surface area contributed by atoms with E-state index in [9.17, 15) is 14.7 Å². The van der Waals surface area contributed by atoms with Crippen LogP contribution in [0.2, 0.25) is 0 Å². The third-order valence-corrected chi connectivity index (χ3v) is 7.04. The summed E-state index contributed by atoms with van der Waals surface area (Å²) in [7, 11) is 0. The van der Waals surface area contributed by atoms with E-state index >= 15 is 0 Å². The zero-order valence-electron chi connectivity index (χ0n) is 15.9. The normalized spacial score (nSPS) is 29.0. The molecular formula is C21H23N5O3. The molecule has 2 amide bonds. The average Bonchev–Trinajstić information content (AvgIpc) is 3.01. The number of carbonyl (C=O) groups excluding carboxylic acids is 2. The largest absolute Gasteiger partial charge is 0.392 e. The van der Waals surface area contributed by atoms with Gasteiger partial charge in [0, 0.05) is 24.1 Å². The molecule has 8 nitrogen and oxygen atoms in total. The second kappa shape index (κ2) is 5.93. The summed E-state index contributed by atoms with van der Waals surface area (Å²) in [6.45, 7) is 5.01. The SMILES string of the molecule is C=CC(=O)N1CC2C3[C@H](n4nc(-c5ccc(CO)cc5)c(C(N)=O)c4N)C[C@]23C1. The molecule has 0 bridgehead atoms. The van der Waals surface area contributed by atoms with Gasteiger partial charge in [-0.3, -0.25) is 9.59 Å². The molecule has 2 aromatic rings. The first-order valence-corrected chi connectivity index (χ1v) is 9.70. The number of nitrogen functional groups attached to an aromatic ring is 1. The van der Waals surface area contributed by atoms with Gasteiger partial charge in [-0.05, 0) is 29.9 Å². The molecule has 1 aromatic carbocycles. The van der Waals surface area contributed by atoms with Crippen molar-refractivity contribution >= 4 is 17.6 Å². The monoisotopic (exact) mass is 393 g/mol. The Morgan fingerprint density at radius 2 is 2.07 bits per heavy atom. The highest BCUT2D eigenvalue weighted by Crippen LogP contribution is 2.79. The Morgan fingerprint density at radius 1 is 1.34 bits per heavy atom. The van der Waals surface area contributed by atoms with Gasteiger partial charge in [0.15, 0.2) is 0 Å². The summed E-state index contributed by atoms with van der Waals surface area (Å²) >= 11 is 0. The van der Waals surface area contributed by atoms with Crippen LogP contribution in [0.4, 0.5) is 5.82 Å². The number of piperidine rings is 1. The van der Waals surface area contributed by atoms with Crippen LogP contribution in [0.3, 0.4) is 0 Å². The van der Waals surface area contributed by atoms with Crippen molar-refractivity contribution in [2.45, 2.75) is 19.1 Å². The van der Waals surface area contributed by atoms with Gasteiger partial charge in [-0.25, -0.2) is 4.68 Å². The third kappa shape index (κ3) is 2.32. The number of hydrogen-bond donors (Lipinski definition) is 3. The molecule has 1 saturated heterocycles. The number of aliphatic hydroxyl groups excluding tert-OH is 1. The summed E-state index contributed by atoms with van der Waals surface area (Å²) in [4.78, 5) is 25.9. The summed E-state index contributed by atoms with van der Waals surface area (Å²) in [6, 6.07) is 7.28. The van der Waals surface area contributed by atoms with Crippen LogP contribution >= 0.6 is 0 Å². The standard InChI is InChI=1S/C21H23N5O3/c1-2-15(28)25-8-13-17-14(7-21(13,17)10-25)26-19(22)16(20(23)29)18(24-26)12-5-3-11(9-27)4-6-12/h2-6,13-14,17,27H,1,7-10,22H2,(H2,23,29)/t13?,14-,17?,21+/m1/s1. The van der Waals surface area contributed by atoms with Crippen LogP contribution < -0.4 is 11.5 Å². The Morgan fingerprint density at radius 3 is 2.66 bits per heavy atom. The Hall–Kier alpha value is -3.13. The van der Waals surface area contributed by atoms with Crippen LogP contribution in [-0.2, 0) is 11.4 Å². The number of benzene rings is 1. The fourth-order valence-corrected chi connectivity index (χ4v) is 5.60. The van der Waals surface area contributed by atoms with E-state index in [-0.39, 0.29) is 29.5 Å². The molecule has 3 fully saturated rings. The molecule has 2 unspecified atom stereocenters. The maximum absolute atomic E-state index is 12.1. The first-order chi connectivity index (χ1) is 13.9. The molecule has 8 heteroatoms. The van der Waals surface area contributed by atoms with Crippen molar-refractivity contribution in [1.82, 2.24) is 14.7 Å². The van der Waals surface area contributed by atoms with Gasteiger partial charge in [-0.2, -0.15) is 5.10 Å². The molecule has 2 heterocycles.